The van der Waals surface area contributed by atoms with Crippen molar-refractivity contribution in [1.29, 1.82) is 0 Å². The van der Waals surface area contributed by atoms with Gasteiger partial charge < -0.3 is 25.0 Å². The van der Waals surface area contributed by atoms with E-state index in [1.807, 2.05) is 127 Å². The number of unbranched alkanes of at least 4 members (excludes halogenated alkanes) is 3. The van der Waals surface area contributed by atoms with E-state index in [-0.39, 0.29) is 30.9 Å². The van der Waals surface area contributed by atoms with Gasteiger partial charge in [-0.3, -0.25) is 19.4 Å². The molecule has 5 aromatic carbocycles. The molecule has 0 aliphatic carbocycles. The lowest BCUT2D eigenvalue weighted by Crippen LogP contribution is -2.48. The average molecular weight is 890 g/mol. The average Bonchev–Trinajstić information content (AvgIpc) is 3.36. The van der Waals surface area contributed by atoms with Gasteiger partial charge in [-0.25, -0.2) is 9.59 Å². The van der Waals surface area contributed by atoms with Gasteiger partial charge in [0.15, 0.2) is 0 Å². The lowest BCUT2D eigenvalue weighted by Gasteiger charge is -2.35. The predicted molar refractivity (Wildman–Crippen MR) is 259 cm³/mol. The Morgan fingerprint density at radius 2 is 1.33 bits per heavy atom. The highest BCUT2D eigenvalue weighted by Crippen LogP contribution is 2.34. The molecule has 2 aliphatic heterocycles. The normalized spacial score (nSPS) is 15.8. The number of ether oxygens (including phenoxy) is 2. The summed E-state index contributed by atoms with van der Waals surface area (Å²) in [7, 11) is 0. The van der Waals surface area contributed by atoms with Crippen LogP contribution >= 0.6 is 0 Å². The van der Waals surface area contributed by atoms with Crippen LogP contribution in [0.25, 0.3) is 22.3 Å². The van der Waals surface area contributed by atoms with Gasteiger partial charge >= 0.3 is 12.0 Å². The molecule has 7 rings (SSSR count). The van der Waals surface area contributed by atoms with Crippen molar-refractivity contribution in [3.8, 4) is 22.3 Å². The number of amides is 4. The van der Waals surface area contributed by atoms with E-state index in [2.05, 4.69) is 34.6 Å². The fourth-order valence-electron chi connectivity index (χ4n) is 8.65. The van der Waals surface area contributed by atoms with Crippen molar-refractivity contribution in [3.63, 3.8) is 0 Å². The third-order valence-electron chi connectivity index (χ3n) is 12.5. The molecule has 0 bridgehead atoms. The number of morpholine rings is 1. The summed E-state index contributed by atoms with van der Waals surface area (Å²) in [6.07, 6.45) is 3.82. The molecule has 1 saturated heterocycles. The second-order valence-electron chi connectivity index (χ2n) is 17.0. The molecule has 2 unspecified atom stereocenters. The monoisotopic (exact) mass is 889 g/mol. The lowest BCUT2D eigenvalue weighted by molar-refractivity contribution is -0.141. The van der Waals surface area contributed by atoms with E-state index in [0.29, 0.717) is 69.9 Å². The quantitative estimate of drug-likeness (QED) is 0.0557. The first-order chi connectivity index (χ1) is 32.3. The molecule has 2 atom stereocenters. The molecule has 4 amide bonds. The Kier molecular flexibility index (Phi) is 17.3. The first kappa shape index (κ1) is 47.4. The maximum absolute atomic E-state index is 14.4. The Morgan fingerprint density at radius 3 is 1.95 bits per heavy atom. The van der Waals surface area contributed by atoms with Gasteiger partial charge in [0.2, 0.25) is 11.8 Å². The third-order valence-corrected chi connectivity index (χ3v) is 12.5. The zero-order valence-electron chi connectivity index (χ0n) is 38.3. The SMILES string of the molecule is CCCCNC(=O)C(c1ccc(-c2ccccc2)cc1)N(CCN1CCOCC1)C(=O)CCCCCN1C(=O)NC(c2ccc(-c3ccccc3)cc2)C(C(=O)OCc2ccccc2)=C1C. The first-order valence-electron chi connectivity index (χ1n) is 23.5. The summed E-state index contributed by atoms with van der Waals surface area (Å²) in [5.74, 6) is -0.778. The number of urea groups is 1. The minimum atomic E-state index is -0.799. The van der Waals surface area contributed by atoms with Crippen LogP contribution < -0.4 is 10.6 Å². The van der Waals surface area contributed by atoms with Crippen molar-refractivity contribution in [2.75, 3.05) is 52.5 Å². The van der Waals surface area contributed by atoms with Gasteiger partial charge in [-0.05, 0) is 65.1 Å². The van der Waals surface area contributed by atoms with Crippen LogP contribution in [0.1, 0.15) is 81.1 Å². The largest absolute Gasteiger partial charge is 0.457 e. The van der Waals surface area contributed by atoms with Crippen LogP contribution in [0.2, 0.25) is 0 Å². The van der Waals surface area contributed by atoms with Crippen LogP contribution in [-0.2, 0) is 30.5 Å². The van der Waals surface area contributed by atoms with E-state index in [1.54, 1.807) is 16.7 Å². The summed E-state index contributed by atoms with van der Waals surface area (Å²) in [5.41, 5.74) is 7.53. The van der Waals surface area contributed by atoms with Gasteiger partial charge in [-0.2, -0.15) is 0 Å². The van der Waals surface area contributed by atoms with Gasteiger partial charge in [0.25, 0.3) is 0 Å². The number of nitrogens with zero attached hydrogens (tertiary/aromatic N) is 3. The van der Waals surface area contributed by atoms with Crippen LogP contribution in [-0.4, -0.2) is 91.0 Å². The van der Waals surface area contributed by atoms with Crippen molar-refractivity contribution in [1.82, 2.24) is 25.3 Å². The Labute approximate surface area is 389 Å². The second kappa shape index (κ2) is 24.1. The number of hydrogen-bond acceptors (Lipinski definition) is 7. The fourth-order valence-corrected chi connectivity index (χ4v) is 8.65. The van der Waals surface area contributed by atoms with Gasteiger partial charge in [0.05, 0.1) is 24.8 Å². The zero-order chi connectivity index (χ0) is 46.1. The molecule has 0 saturated carbocycles. The minimum Gasteiger partial charge on any atom is -0.457 e. The Morgan fingerprint density at radius 1 is 0.742 bits per heavy atom. The summed E-state index contributed by atoms with van der Waals surface area (Å²) in [6.45, 7) is 8.70. The highest BCUT2D eigenvalue weighted by molar-refractivity contribution is 5.95. The number of carbonyl (C=O) groups excluding carboxylic acids is 4. The van der Waals surface area contributed by atoms with E-state index in [4.69, 9.17) is 9.47 Å². The molecular weight excluding hydrogens is 827 g/mol. The van der Waals surface area contributed by atoms with Crippen molar-refractivity contribution in [3.05, 3.63) is 167 Å². The van der Waals surface area contributed by atoms with E-state index in [9.17, 15) is 19.2 Å². The second-order valence-corrected chi connectivity index (χ2v) is 17.0. The number of nitrogens with one attached hydrogen (secondary N) is 2. The Balaban J connectivity index is 1.05. The number of esters is 1. The summed E-state index contributed by atoms with van der Waals surface area (Å²) >= 11 is 0. The van der Waals surface area contributed by atoms with E-state index < -0.39 is 18.1 Å². The predicted octanol–water partition coefficient (Wildman–Crippen LogP) is 9.48. The van der Waals surface area contributed by atoms with Crippen LogP contribution in [0, 0.1) is 0 Å². The molecule has 0 radical (unpaired) electrons. The van der Waals surface area contributed by atoms with Crippen molar-refractivity contribution in [2.24, 2.45) is 0 Å². The summed E-state index contributed by atoms with van der Waals surface area (Å²) < 4.78 is 11.5. The van der Waals surface area contributed by atoms with E-state index in [0.717, 1.165) is 64.9 Å². The van der Waals surface area contributed by atoms with Crippen molar-refractivity contribution in [2.45, 2.75) is 71.1 Å². The number of hydrogen-bond donors (Lipinski definition) is 2. The molecule has 2 N–H and O–H groups in total. The van der Waals surface area contributed by atoms with Crippen LogP contribution in [0.15, 0.2) is 151 Å². The summed E-state index contributed by atoms with van der Waals surface area (Å²) in [5, 5.41) is 6.23. The van der Waals surface area contributed by atoms with E-state index in [1.165, 1.54) is 0 Å². The number of benzene rings is 5. The van der Waals surface area contributed by atoms with Gasteiger partial charge in [-0.1, -0.05) is 159 Å². The molecule has 11 heteroatoms. The minimum absolute atomic E-state index is 0.0950. The maximum Gasteiger partial charge on any atom is 0.338 e. The van der Waals surface area contributed by atoms with Crippen molar-refractivity contribution >= 4 is 23.8 Å². The Bertz CT molecular complexity index is 2370. The number of rotatable bonds is 21. The summed E-state index contributed by atoms with van der Waals surface area (Å²) in [6, 6.07) is 43.7. The van der Waals surface area contributed by atoms with Gasteiger partial charge in [0, 0.05) is 51.4 Å². The molecule has 2 aliphatic rings. The maximum atomic E-state index is 14.4. The first-order valence-corrected chi connectivity index (χ1v) is 23.5. The van der Waals surface area contributed by atoms with Crippen LogP contribution in [0.3, 0.4) is 0 Å². The molecule has 11 nitrogen and oxygen atoms in total. The van der Waals surface area contributed by atoms with Gasteiger partial charge in [0.1, 0.15) is 12.6 Å². The van der Waals surface area contributed by atoms with Crippen LogP contribution in [0.5, 0.6) is 0 Å². The molecule has 0 spiro atoms. The molecule has 0 aromatic heterocycles. The topological polar surface area (TPSA) is 121 Å². The standard InChI is InChI=1S/C55H63N5O6/c1-3-4-32-56-53(62)52(48-30-26-46(27-31-48)44-21-13-7-14-22-44)60(35-34-58-36-38-65-39-37-58)49(61)23-15-8-16-33-59-41(2)50(54(63)66-40-42-17-9-5-10-18-42)51(57-55(59)64)47-28-24-45(25-29-47)43-19-11-6-12-20-43/h5-7,9-14,17-22,24-31,51-52H,3-4,8,15-16,23,32-40H2,1-2H3,(H,56,62)(H,57,64). The van der Waals surface area contributed by atoms with Crippen molar-refractivity contribution < 1.29 is 28.7 Å². The van der Waals surface area contributed by atoms with E-state index >= 15 is 0 Å². The number of carbonyl (C=O) groups is 4. The zero-order valence-corrected chi connectivity index (χ0v) is 38.3. The molecule has 66 heavy (non-hydrogen) atoms. The third kappa shape index (κ3) is 12.6. The molecule has 2 heterocycles. The smallest absolute Gasteiger partial charge is 0.338 e. The molecule has 344 valence electrons. The Hall–Kier alpha value is -6.56. The van der Waals surface area contributed by atoms with Gasteiger partial charge in [-0.15, -0.1) is 0 Å². The molecule has 5 aromatic rings. The molecule has 1 fully saturated rings. The highest BCUT2D eigenvalue weighted by Gasteiger charge is 2.37. The van der Waals surface area contributed by atoms with Crippen LogP contribution in [0.4, 0.5) is 4.79 Å². The summed E-state index contributed by atoms with van der Waals surface area (Å²) in [4.78, 5) is 62.1. The molecular formula is C55H63N5O6. The highest BCUT2D eigenvalue weighted by atomic mass is 16.5. The fraction of sp³-hybridized carbons (Fsp3) is 0.345. The number of allylic oxidation sites excluding steroid dienone is 1. The lowest BCUT2D eigenvalue weighted by atomic mass is 9.93.